The second-order valence-corrected chi connectivity index (χ2v) is 5.10. The van der Waals surface area contributed by atoms with Crippen LogP contribution in [0.15, 0.2) is 12.1 Å². The summed E-state index contributed by atoms with van der Waals surface area (Å²) in [6, 6.07) is 3.82. The summed E-state index contributed by atoms with van der Waals surface area (Å²) in [6.07, 6.45) is 4.65. The van der Waals surface area contributed by atoms with Crippen molar-refractivity contribution in [2.45, 2.75) is 31.8 Å². The quantitative estimate of drug-likeness (QED) is 0.932. The van der Waals surface area contributed by atoms with Gasteiger partial charge in [-0.05, 0) is 19.3 Å². The highest BCUT2D eigenvalue weighted by Crippen LogP contribution is 2.31. The van der Waals surface area contributed by atoms with Crippen molar-refractivity contribution in [3.05, 3.63) is 18.0 Å². The van der Waals surface area contributed by atoms with Crippen LogP contribution in [-0.4, -0.2) is 36.9 Å². The summed E-state index contributed by atoms with van der Waals surface area (Å²) < 4.78 is 16.4. The molecule has 1 aromatic heterocycles. The molecule has 1 aliphatic heterocycles. The van der Waals surface area contributed by atoms with E-state index in [9.17, 15) is 0 Å². The number of hydrogen-bond donors (Lipinski definition) is 1. The molecule has 0 bridgehead atoms. The van der Waals surface area contributed by atoms with Crippen LogP contribution in [0.4, 0.5) is 0 Å². The minimum atomic E-state index is 0.285. The Kier molecular flexibility index (Phi) is 3.78. The maximum absolute atomic E-state index is 5.76. The molecule has 1 aliphatic rings. The van der Waals surface area contributed by atoms with Crippen LogP contribution < -0.4 is 9.47 Å². The highest BCUT2D eigenvalue weighted by atomic mass is 16.5. The third-order valence-electron chi connectivity index (χ3n) is 3.73. The van der Waals surface area contributed by atoms with E-state index in [1.54, 1.807) is 14.2 Å². The molecular formula is C15H20N2O3. The minimum absolute atomic E-state index is 0.285. The van der Waals surface area contributed by atoms with Crippen LogP contribution in [0.25, 0.3) is 11.0 Å². The normalized spacial score (nSPS) is 19.2. The van der Waals surface area contributed by atoms with Gasteiger partial charge in [-0.1, -0.05) is 0 Å². The summed E-state index contributed by atoms with van der Waals surface area (Å²) in [5, 5.41) is 0. The molecule has 0 spiro atoms. The van der Waals surface area contributed by atoms with Crippen molar-refractivity contribution in [3.8, 4) is 11.5 Å². The number of imidazole rings is 1. The third kappa shape index (κ3) is 2.58. The molecule has 1 aromatic carbocycles. The van der Waals surface area contributed by atoms with Crippen molar-refractivity contribution in [3.63, 3.8) is 0 Å². The maximum atomic E-state index is 5.76. The van der Waals surface area contributed by atoms with E-state index in [2.05, 4.69) is 9.97 Å². The zero-order chi connectivity index (χ0) is 13.9. The molecule has 0 amide bonds. The number of ether oxygens (including phenoxy) is 3. The van der Waals surface area contributed by atoms with Gasteiger partial charge in [0.1, 0.15) is 5.82 Å². The highest BCUT2D eigenvalue weighted by molar-refractivity contribution is 5.79. The predicted molar refractivity (Wildman–Crippen MR) is 76.5 cm³/mol. The molecular weight excluding hydrogens is 256 g/mol. The number of benzene rings is 1. The van der Waals surface area contributed by atoms with Crippen molar-refractivity contribution in [1.82, 2.24) is 9.97 Å². The lowest BCUT2D eigenvalue weighted by atomic mass is 10.1. The van der Waals surface area contributed by atoms with E-state index >= 15 is 0 Å². The molecule has 0 aliphatic carbocycles. The molecule has 20 heavy (non-hydrogen) atoms. The van der Waals surface area contributed by atoms with Gasteiger partial charge in [-0.25, -0.2) is 4.98 Å². The average molecular weight is 276 g/mol. The first-order valence-electron chi connectivity index (χ1n) is 7.02. The summed E-state index contributed by atoms with van der Waals surface area (Å²) in [5.74, 6) is 2.37. The van der Waals surface area contributed by atoms with Crippen molar-refractivity contribution >= 4 is 11.0 Å². The van der Waals surface area contributed by atoms with Gasteiger partial charge in [0.05, 0.1) is 31.4 Å². The maximum Gasteiger partial charge on any atom is 0.163 e. The van der Waals surface area contributed by atoms with E-state index in [1.807, 2.05) is 12.1 Å². The summed E-state index contributed by atoms with van der Waals surface area (Å²) in [4.78, 5) is 7.96. The van der Waals surface area contributed by atoms with E-state index in [0.29, 0.717) is 11.5 Å². The molecule has 5 nitrogen and oxygen atoms in total. The number of aromatic nitrogens is 2. The Morgan fingerprint density at radius 3 is 2.75 bits per heavy atom. The summed E-state index contributed by atoms with van der Waals surface area (Å²) in [7, 11) is 3.27. The standard InChI is InChI=1S/C15H20N2O3/c1-18-13-8-11-12(9-14(13)19-2)17-15(16-11)7-10-5-3-4-6-20-10/h8-10H,3-7H2,1-2H3,(H,16,17). The Morgan fingerprint density at radius 2 is 2.05 bits per heavy atom. The molecule has 2 aromatic rings. The van der Waals surface area contributed by atoms with Crippen molar-refractivity contribution in [2.75, 3.05) is 20.8 Å². The van der Waals surface area contributed by atoms with Crippen LogP contribution >= 0.6 is 0 Å². The van der Waals surface area contributed by atoms with Gasteiger partial charge >= 0.3 is 0 Å². The largest absolute Gasteiger partial charge is 0.493 e. The first kappa shape index (κ1) is 13.2. The number of H-pyrrole nitrogens is 1. The number of fused-ring (bicyclic) bond motifs is 1. The number of nitrogens with one attached hydrogen (secondary N) is 1. The molecule has 1 unspecified atom stereocenters. The van der Waals surface area contributed by atoms with Gasteiger partial charge in [0.2, 0.25) is 0 Å². The van der Waals surface area contributed by atoms with Gasteiger partial charge in [0.15, 0.2) is 11.5 Å². The van der Waals surface area contributed by atoms with Gasteiger partial charge in [-0.3, -0.25) is 0 Å². The number of aromatic amines is 1. The molecule has 0 radical (unpaired) electrons. The zero-order valence-corrected chi connectivity index (χ0v) is 11.9. The SMILES string of the molecule is COc1cc2nc(CC3CCCCO3)[nH]c2cc1OC. The van der Waals surface area contributed by atoms with Gasteiger partial charge < -0.3 is 19.2 Å². The predicted octanol–water partition coefficient (Wildman–Crippen LogP) is 2.69. The van der Waals surface area contributed by atoms with Gasteiger partial charge in [-0.15, -0.1) is 0 Å². The fourth-order valence-electron chi connectivity index (χ4n) is 2.67. The van der Waals surface area contributed by atoms with Gasteiger partial charge in [0, 0.05) is 25.2 Å². The van der Waals surface area contributed by atoms with E-state index in [-0.39, 0.29) is 6.10 Å². The second kappa shape index (κ2) is 5.71. The fourth-order valence-corrected chi connectivity index (χ4v) is 2.67. The Hall–Kier alpha value is -1.75. The topological polar surface area (TPSA) is 56.4 Å². The van der Waals surface area contributed by atoms with Crippen LogP contribution in [-0.2, 0) is 11.2 Å². The van der Waals surface area contributed by atoms with E-state index in [4.69, 9.17) is 14.2 Å². The molecule has 108 valence electrons. The molecule has 1 N–H and O–H groups in total. The van der Waals surface area contributed by atoms with Crippen molar-refractivity contribution in [1.29, 1.82) is 0 Å². The molecule has 1 fully saturated rings. The molecule has 3 rings (SSSR count). The first-order valence-corrected chi connectivity index (χ1v) is 7.02. The van der Waals surface area contributed by atoms with Crippen LogP contribution in [0.2, 0.25) is 0 Å². The molecule has 1 atom stereocenters. The lowest BCUT2D eigenvalue weighted by Gasteiger charge is -2.21. The highest BCUT2D eigenvalue weighted by Gasteiger charge is 2.17. The Bertz CT molecular complexity index is 547. The lowest BCUT2D eigenvalue weighted by molar-refractivity contribution is 0.0158. The number of hydrogen-bond acceptors (Lipinski definition) is 4. The second-order valence-electron chi connectivity index (χ2n) is 5.10. The molecule has 5 heteroatoms. The van der Waals surface area contributed by atoms with Crippen molar-refractivity contribution < 1.29 is 14.2 Å². The van der Waals surface area contributed by atoms with Crippen LogP contribution in [0.1, 0.15) is 25.1 Å². The van der Waals surface area contributed by atoms with E-state index in [1.165, 1.54) is 12.8 Å². The Morgan fingerprint density at radius 1 is 1.25 bits per heavy atom. The Balaban J connectivity index is 1.85. The van der Waals surface area contributed by atoms with Crippen LogP contribution in [0, 0.1) is 0 Å². The smallest absolute Gasteiger partial charge is 0.163 e. The Labute approximate surface area is 118 Å². The third-order valence-corrected chi connectivity index (χ3v) is 3.73. The van der Waals surface area contributed by atoms with E-state index < -0.39 is 0 Å². The number of methoxy groups -OCH3 is 2. The monoisotopic (exact) mass is 276 g/mol. The average Bonchev–Trinajstić information content (AvgIpc) is 2.87. The fraction of sp³-hybridized carbons (Fsp3) is 0.533. The summed E-state index contributed by atoms with van der Waals surface area (Å²) >= 11 is 0. The van der Waals surface area contributed by atoms with Crippen LogP contribution in [0.3, 0.4) is 0 Å². The molecule has 2 heterocycles. The van der Waals surface area contributed by atoms with Crippen LogP contribution in [0.5, 0.6) is 11.5 Å². The first-order chi connectivity index (χ1) is 9.80. The van der Waals surface area contributed by atoms with Gasteiger partial charge in [-0.2, -0.15) is 0 Å². The lowest BCUT2D eigenvalue weighted by Crippen LogP contribution is -2.21. The minimum Gasteiger partial charge on any atom is -0.493 e. The summed E-state index contributed by atoms with van der Waals surface area (Å²) in [5.41, 5.74) is 1.86. The molecule has 0 saturated carbocycles. The van der Waals surface area contributed by atoms with Gasteiger partial charge in [0.25, 0.3) is 0 Å². The van der Waals surface area contributed by atoms with E-state index in [0.717, 1.165) is 36.3 Å². The molecule has 1 saturated heterocycles. The summed E-state index contributed by atoms with van der Waals surface area (Å²) in [6.45, 7) is 0.868. The zero-order valence-electron chi connectivity index (χ0n) is 11.9. The van der Waals surface area contributed by atoms with Crippen molar-refractivity contribution in [2.24, 2.45) is 0 Å². The number of nitrogens with zero attached hydrogens (tertiary/aromatic N) is 1. The number of rotatable bonds is 4.